The Balaban J connectivity index is 0.00000324. The molecular weight excluding hydrogens is 280 g/mol. The van der Waals surface area contributed by atoms with Gasteiger partial charge >= 0.3 is 0 Å². The van der Waals surface area contributed by atoms with Crippen LogP contribution in [0.25, 0.3) is 0 Å². The van der Waals surface area contributed by atoms with Crippen molar-refractivity contribution >= 4 is 30.1 Å². The lowest BCUT2D eigenvalue weighted by Crippen LogP contribution is -2.39. The minimum atomic E-state index is -0.0568. The van der Waals surface area contributed by atoms with Crippen molar-refractivity contribution in [3.05, 3.63) is 29.8 Å². The van der Waals surface area contributed by atoms with Crippen molar-refractivity contribution in [1.82, 2.24) is 4.90 Å². The minimum Gasteiger partial charge on any atom is -0.341 e. The number of hydrogen-bond donors (Lipinski definition) is 1. The Labute approximate surface area is 126 Å². The molecule has 1 aromatic carbocycles. The van der Waals surface area contributed by atoms with Crippen LogP contribution in [0.15, 0.2) is 29.2 Å². The van der Waals surface area contributed by atoms with Gasteiger partial charge in [-0.05, 0) is 30.3 Å². The van der Waals surface area contributed by atoms with E-state index in [9.17, 15) is 4.79 Å². The first-order valence-corrected chi connectivity index (χ1v) is 7.22. The number of carbonyl (C=O) groups is 1. The highest BCUT2D eigenvalue weighted by Crippen LogP contribution is 2.22. The van der Waals surface area contributed by atoms with Gasteiger partial charge in [0, 0.05) is 18.5 Å². The summed E-state index contributed by atoms with van der Waals surface area (Å²) in [4.78, 5) is 15.2. The summed E-state index contributed by atoms with van der Waals surface area (Å²) in [6.07, 6.45) is 1.98. The third-order valence-corrected chi connectivity index (χ3v) is 3.70. The van der Waals surface area contributed by atoms with Gasteiger partial charge in [-0.3, -0.25) is 4.79 Å². The molecule has 0 heterocycles. The maximum Gasteiger partial charge on any atom is 0.254 e. The van der Waals surface area contributed by atoms with Gasteiger partial charge in [0.2, 0.25) is 0 Å². The second-order valence-electron chi connectivity index (χ2n) is 5.23. The molecule has 0 saturated heterocycles. The number of carbonyl (C=O) groups excluding carboxylic acids is 1. The average molecular weight is 303 g/mol. The van der Waals surface area contributed by atoms with Crippen LogP contribution in [0.5, 0.6) is 0 Å². The van der Waals surface area contributed by atoms with Crippen molar-refractivity contribution in [2.75, 3.05) is 26.4 Å². The van der Waals surface area contributed by atoms with E-state index in [1.807, 2.05) is 37.6 Å². The van der Waals surface area contributed by atoms with E-state index in [0.29, 0.717) is 13.1 Å². The van der Waals surface area contributed by atoms with Crippen LogP contribution in [0.2, 0.25) is 0 Å². The quantitative estimate of drug-likeness (QED) is 0.851. The van der Waals surface area contributed by atoms with Crippen LogP contribution < -0.4 is 5.73 Å². The molecule has 1 rings (SSSR count). The molecule has 1 aromatic rings. The molecule has 0 aliphatic rings. The fourth-order valence-corrected chi connectivity index (χ4v) is 2.40. The van der Waals surface area contributed by atoms with Crippen LogP contribution in [-0.2, 0) is 0 Å². The van der Waals surface area contributed by atoms with Gasteiger partial charge in [-0.15, -0.1) is 24.2 Å². The molecule has 0 atom stereocenters. The molecule has 3 nitrogen and oxygen atoms in total. The Morgan fingerprint density at radius 1 is 1.37 bits per heavy atom. The minimum absolute atomic E-state index is 0. The molecule has 0 saturated carbocycles. The standard InChI is InChI=1S/C14H22N2OS.ClH/c1-14(2,9-15)10-16(3)13(17)11-7-5-6-8-12(11)18-4;/h5-8H,9-10,15H2,1-4H3;1H. The summed E-state index contributed by atoms with van der Waals surface area (Å²) in [6, 6.07) is 7.70. The maximum atomic E-state index is 12.4. The van der Waals surface area contributed by atoms with Crippen LogP contribution >= 0.6 is 24.2 Å². The van der Waals surface area contributed by atoms with Crippen LogP contribution in [0, 0.1) is 5.41 Å². The van der Waals surface area contributed by atoms with E-state index in [2.05, 4.69) is 13.8 Å². The first-order valence-electron chi connectivity index (χ1n) is 6.00. The summed E-state index contributed by atoms with van der Waals surface area (Å²) >= 11 is 1.59. The Kier molecular flexibility index (Phi) is 7.49. The molecular formula is C14H23ClN2OS. The monoisotopic (exact) mass is 302 g/mol. The average Bonchev–Trinajstić information content (AvgIpc) is 2.37. The summed E-state index contributed by atoms with van der Waals surface area (Å²) in [6.45, 7) is 5.36. The fraction of sp³-hybridized carbons (Fsp3) is 0.500. The number of thioether (sulfide) groups is 1. The lowest BCUT2D eigenvalue weighted by Gasteiger charge is -2.29. The highest BCUT2D eigenvalue weighted by Gasteiger charge is 2.22. The summed E-state index contributed by atoms with van der Waals surface area (Å²) < 4.78 is 0. The molecule has 19 heavy (non-hydrogen) atoms. The highest BCUT2D eigenvalue weighted by molar-refractivity contribution is 7.98. The van der Waals surface area contributed by atoms with E-state index in [-0.39, 0.29) is 23.7 Å². The lowest BCUT2D eigenvalue weighted by atomic mass is 9.93. The lowest BCUT2D eigenvalue weighted by molar-refractivity contribution is 0.0737. The zero-order valence-electron chi connectivity index (χ0n) is 12.0. The van der Waals surface area contributed by atoms with Crippen molar-refractivity contribution in [1.29, 1.82) is 0 Å². The van der Waals surface area contributed by atoms with E-state index < -0.39 is 0 Å². The van der Waals surface area contributed by atoms with Gasteiger partial charge in [0.1, 0.15) is 0 Å². The number of nitrogens with zero attached hydrogens (tertiary/aromatic N) is 1. The molecule has 0 aliphatic heterocycles. The Bertz CT molecular complexity index is 424. The molecule has 0 aliphatic carbocycles. The van der Waals surface area contributed by atoms with Gasteiger partial charge in [-0.1, -0.05) is 26.0 Å². The highest BCUT2D eigenvalue weighted by atomic mass is 35.5. The van der Waals surface area contributed by atoms with Crippen molar-refractivity contribution in [2.45, 2.75) is 18.7 Å². The Morgan fingerprint density at radius 2 is 1.95 bits per heavy atom. The van der Waals surface area contributed by atoms with Crippen molar-refractivity contribution in [2.24, 2.45) is 11.1 Å². The second-order valence-corrected chi connectivity index (χ2v) is 6.08. The number of nitrogens with two attached hydrogens (primary N) is 1. The number of halogens is 1. The summed E-state index contributed by atoms with van der Waals surface area (Å²) in [7, 11) is 1.83. The van der Waals surface area contributed by atoms with Crippen molar-refractivity contribution in [3.8, 4) is 0 Å². The third-order valence-electron chi connectivity index (χ3n) is 2.90. The predicted molar refractivity (Wildman–Crippen MR) is 85.3 cm³/mol. The number of hydrogen-bond acceptors (Lipinski definition) is 3. The third kappa shape index (κ3) is 5.05. The molecule has 2 N–H and O–H groups in total. The predicted octanol–water partition coefficient (Wildman–Crippen LogP) is 2.89. The van der Waals surface area contributed by atoms with Gasteiger partial charge in [0.05, 0.1) is 5.56 Å². The van der Waals surface area contributed by atoms with Gasteiger partial charge in [0.15, 0.2) is 0 Å². The van der Waals surface area contributed by atoms with Crippen LogP contribution in [0.1, 0.15) is 24.2 Å². The molecule has 1 amide bonds. The van der Waals surface area contributed by atoms with Crippen LogP contribution in [0.3, 0.4) is 0 Å². The van der Waals surface area contributed by atoms with Crippen molar-refractivity contribution in [3.63, 3.8) is 0 Å². The maximum absolute atomic E-state index is 12.4. The van der Waals surface area contributed by atoms with E-state index in [4.69, 9.17) is 5.73 Å². The molecule has 0 unspecified atom stereocenters. The number of amides is 1. The summed E-state index contributed by atoms with van der Waals surface area (Å²) in [5.41, 5.74) is 6.41. The number of benzene rings is 1. The molecule has 0 fully saturated rings. The van der Waals surface area contributed by atoms with E-state index in [1.54, 1.807) is 16.7 Å². The fourth-order valence-electron chi connectivity index (χ4n) is 1.81. The smallest absolute Gasteiger partial charge is 0.254 e. The summed E-state index contributed by atoms with van der Waals surface area (Å²) in [5, 5.41) is 0. The van der Waals surface area contributed by atoms with Gasteiger partial charge in [0.25, 0.3) is 5.91 Å². The largest absolute Gasteiger partial charge is 0.341 e. The molecule has 5 heteroatoms. The van der Waals surface area contributed by atoms with Crippen molar-refractivity contribution < 1.29 is 4.79 Å². The zero-order valence-corrected chi connectivity index (χ0v) is 13.6. The molecule has 108 valence electrons. The van der Waals surface area contributed by atoms with Gasteiger partial charge in [-0.25, -0.2) is 0 Å². The summed E-state index contributed by atoms with van der Waals surface area (Å²) in [5.74, 6) is 0.0569. The molecule has 0 spiro atoms. The van der Waals surface area contributed by atoms with E-state index in [1.165, 1.54) is 0 Å². The first kappa shape index (κ1) is 18.3. The molecule has 0 radical (unpaired) electrons. The Hall–Kier alpha value is -0.710. The van der Waals surface area contributed by atoms with Gasteiger partial charge < -0.3 is 10.6 Å². The topological polar surface area (TPSA) is 46.3 Å². The van der Waals surface area contributed by atoms with Crippen LogP contribution in [0.4, 0.5) is 0 Å². The molecule has 0 bridgehead atoms. The number of rotatable bonds is 5. The normalized spacial score (nSPS) is 10.8. The SMILES string of the molecule is CSc1ccccc1C(=O)N(C)CC(C)(C)CN.Cl. The zero-order chi connectivity index (χ0) is 13.8. The second kappa shape index (κ2) is 7.78. The first-order chi connectivity index (χ1) is 8.41. The van der Waals surface area contributed by atoms with E-state index >= 15 is 0 Å². The molecule has 0 aromatic heterocycles. The van der Waals surface area contributed by atoms with Gasteiger partial charge in [-0.2, -0.15) is 0 Å². The van der Waals surface area contributed by atoms with E-state index in [0.717, 1.165) is 10.5 Å². The Morgan fingerprint density at radius 3 is 2.47 bits per heavy atom. The van der Waals surface area contributed by atoms with Crippen LogP contribution in [-0.4, -0.2) is 37.2 Å².